The molecule has 2 heterocycles. The van der Waals surface area contributed by atoms with Crippen molar-refractivity contribution in [1.29, 1.82) is 0 Å². The number of hydrogen-bond donors (Lipinski definition) is 0. The van der Waals surface area contributed by atoms with Gasteiger partial charge in [-0.2, -0.15) is 0 Å². The minimum atomic E-state index is -0.434. The Morgan fingerprint density at radius 2 is 1.77 bits per heavy atom. The van der Waals surface area contributed by atoms with Crippen LogP contribution in [0.5, 0.6) is 0 Å². The summed E-state index contributed by atoms with van der Waals surface area (Å²) in [7, 11) is 0. The van der Waals surface area contributed by atoms with Gasteiger partial charge in [0.25, 0.3) is 0 Å². The third-order valence-corrected chi connectivity index (χ3v) is 4.16. The van der Waals surface area contributed by atoms with Crippen molar-refractivity contribution in [3.63, 3.8) is 0 Å². The van der Waals surface area contributed by atoms with E-state index < -0.39 is 6.10 Å². The van der Waals surface area contributed by atoms with Crippen LogP contribution in [0.25, 0.3) is 5.69 Å². The van der Waals surface area contributed by atoms with E-state index in [1.807, 2.05) is 65.4 Å². The second-order valence-electron chi connectivity index (χ2n) is 5.13. The van der Waals surface area contributed by atoms with Crippen LogP contribution < -0.4 is 0 Å². The lowest BCUT2D eigenvalue weighted by Crippen LogP contribution is -2.07. The van der Waals surface area contributed by atoms with Crippen LogP contribution >= 0.6 is 11.6 Å². The Morgan fingerprint density at radius 3 is 2.59 bits per heavy atom. The van der Waals surface area contributed by atoms with Crippen molar-refractivity contribution < 1.29 is 9.53 Å². The summed E-state index contributed by atoms with van der Waals surface area (Å²) in [4.78, 5) is 12.1. The predicted molar refractivity (Wildman–Crippen MR) is 84.5 cm³/mol. The normalized spacial score (nSPS) is 16.4. The molecule has 2 aromatic carbocycles. The Hall–Kier alpha value is -2.52. The zero-order valence-corrected chi connectivity index (χ0v) is 12.3. The Bertz CT molecular complexity index is 855. The van der Waals surface area contributed by atoms with Crippen LogP contribution in [0.3, 0.4) is 0 Å². The Kier molecular flexibility index (Phi) is 3.01. The summed E-state index contributed by atoms with van der Waals surface area (Å²) < 4.78 is 7.60. The number of ether oxygens (including phenoxy) is 1. The van der Waals surface area contributed by atoms with E-state index in [4.69, 9.17) is 16.3 Å². The van der Waals surface area contributed by atoms with E-state index in [-0.39, 0.29) is 5.97 Å². The van der Waals surface area contributed by atoms with Crippen molar-refractivity contribution in [2.45, 2.75) is 6.10 Å². The molecule has 3 aromatic rings. The van der Waals surface area contributed by atoms with E-state index in [2.05, 4.69) is 0 Å². The van der Waals surface area contributed by atoms with Gasteiger partial charge in [-0.3, -0.25) is 0 Å². The molecule has 0 saturated heterocycles. The molecule has 0 saturated carbocycles. The maximum atomic E-state index is 12.1. The molecule has 1 atom stereocenters. The van der Waals surface area contributed by atoms with Gasteiger partial charge in [-0.05, 0) is 30.3 Å². The lowest BCUT2D eigenvalue weighted by atomic mass is 10.0. The third-order valence-electron chi connectivity index (χ3n) is 3.84. The second-order valence-corrected chi connectivity index (χ2v) is 5.54. The molecule has 0 spiro atoms. The Labute approximate surface area is 132 Å². The molecule has 0 N–H and O–H groups in total. The number of rotatable bonds is 2. The fourth-order valence-corrected chi connectivity index (χ4v) is 3.11. The molecule has 0 bridgehead atoms. The molecular formula is C18H12ClNO2. The van der Waals surface area contributed by atoms with Crippen LogP contribution in [0.4, 0.5) is 0 Å². The summed E-state index contributed by atoms with van der Waals surface area (Å²) in [5, 5.41) is 0.433. The molecule has 0 aliphatic carbocycles. The average Bonchev–Trinajstić information content (AvgIpc) is 3.13. The number of fused-ring (bicyclic) bond motifs is 1. The van der Waals surface area contributed by atoms with Crippen molar-refractivity contribution in [2.75, 3.05) is 0 Å². The van der Waals surface area contributed by atoms with Gasteiger partial charge in [-0.1, -0.05) is 41.9 Å². The van der Waals surface area contributed by atoms with E-state index in [1.165, 1.54) is 0 Å². The predicted octanol–water partition coefficient (Wildman–Crippen LogP) is 4.39. The van der Waals surface area contributed by atoms with Crippen molar-refractivity contribution >= 4 is 17.6 Å². The highest BCUT2D eigenvalue weighted by Gasteiger charge is 2.35. The van der Waals surface area contributed by atoms with Gasteiger partial charge in [0.1, 0.15) is 0 Å². The first-order valence-electron chi connectivity index (χ1n) is 6.98. The molecule has 4 heteroatoms. The fraction of sp³-hybridized carbons (Fsp3) is 0.0556. The number of halogens is 1. The van der Waals surface area contributed by atoms with Crippen LogP contribution in [0.2, 0.25) is 5.02 Å². The maximum Gasteiger partial charge on any atom is 0.341 e. The van der Waals surface area contributed by atoms with Gasteiger partial charge < -0.3 is 9.30 Å². The van der Waals surface area contributed by atoms with E-state index in [1.54, 1.807) is 6.07 Å². The van der Waals surface area contributed by atoms with E-state index in [0.29, 0.717) is 10.6 Å². The van der Waals surface area contributed by atoms with Crippen LogP contribution in [-0.2, 0) is 4.74 Å². The van der Waals surface area contributed by atoms with E-state index in [9.17, 15) is 4.79 Å². The highest BCUT2D eigenvalue weighted by molar-refractivity contribution is 6.34. The first-order chi connectivity index (χ1) is 10.8. The number of carbonyl (C=O) groups is 1. The molecule has 1 aliphatic heterocycles. The molecule has 4 rings (SSSR count). The number of carbonyl (C=O) groups excluding carboxylic acids is 1. The first-order valence-corrected chi connectivity index (χ1v) is 7.35. The molecule has 0 radical (unpaired) electrons. The highest BCUT2D eigenvalue weighted by atomic mass is 35.5. The van der Waals surface area contributed by atoms with Crippen molar-refractivity contribution in [2.24, 2.45) is 0 Å². The maximum absolute atomic E-state index is 12.1. The van der Waals surface area contributed by atoms with E-state index in [0.717, 1.165) is 16.9 Å². The highest BCUT2D eigenvalue weighted by Crippen LogP contribution is 2.39. The number of aromatic nitrogens is 1. The fourth-order valence-electron chi connectivity index (χ4n) is 2.86. The third kappa shape index (κ3) is 1.94. The lowest BCUT2D eigenvalue weighted by Gasteiger charge is -2.15. The SMILES string of the molecule is O=C1OC(c2cccn2-c2ccccc2)c2cccc(Cl)c21. The quantitative estimate of drug-likeness (QED) is 0.657. The zero-order chi connectivity index (χ0) is 15.1. The first kappa shape index (κ1) is 13.2. The van der Waals surface area contributed by atoms with Gasteiger partial charge in [0.15, 0.2) is 6.10 Å². The van der Waals surface area contributed by atoms with Gasteiger partial charge in [-0.15, -0.1) is 0 Å². The minimum Gasteiger partial charge on any atom is -0.447 e. The van der Waals surface area contributed by atoms with Gasteiger partial charge in [0, 0.05) is 17.4 Å². The smallest absolute Gasteiger partial charge is 0.341 e. The summed E-state index contributed by atoms with van der Waals surface area (Å²) in [5.41, 5.74) is 3.21. The number of para-hydroxylation sites is 1. The topological polar surface area (TPSA) is 31.2 Å². The molecule has 22 heavy (non-hydrogen) atoms. The van der Waals surface area contributed by atoms with Gasteiger partial charge in [-0.25, -0.2) is 4.79 Å². The molecule has 1 aromatic heterocycles. The minimum absolute atomic E-state index is 0.369. The molecule has 0 fully saturated rings. The summed E-state index contributed by atoms with van der Waals surface area (Å²) >= 11 is 6.14. The molecule has 3 nitrogen and oxygen atoms in total. The van der Waals surface area contributed by atoms with Crippen LogP contribution in [0, 0.1) is 0 Å². The van der Waals surface area contributed by atoms with E-state index >= 15 is 0 Å². The van der Waals surface area contributed by atoms with Crippen molar-refractivity contribution in [3.05, 3.63) is 88.7 Å². The number of hydrogen-bond acceptors (Lipinski definition) is 2. The lowest BCUT2D eigenvalue weighted by molar-refractivity contribution is 0.0447. The summed E-state index contributed by atoms with van der Waals surface area (Å²) in [6.45, 7) is 0. The monoisotopic (exact) mass is 309 g/mol. The summed E-state index contributed by atoms with van der Waals surface area (Å²) in [5.74, 6) is -0.369. The Morgan fingerprint density at radius 1 is 0.955 bits per heavy atom. The van der Waals surface area contributed by atoms with Crippen LogP contribution in [0.15, 0.2) is 66.9 Å². The van der Waals surface area contributed by atoms with Crippen molar-refractivity contribution in [1.82, 2.24) is 4.57 Å². The molecule has 1 aliphatic rings. The van der Waals surface area contributed by atoms with Crippen LogP contribution in [0.1, 0.15) is 27.7 Å². The average molecular weight is 310 g/mol. The largest absolute Gasteiger partial charge is 0.447 e. The van der Waals surface area contributed by atoms with Gasteiger partial charge in [0.2, 0.25) is 0 Å². The number of esters is 1. The summed E-state index contributed by atoms with van der Waals surface area (Å²) in [6, 6.07) is 19.3. The standard InChI is InChI=1S/C18H12ClNO2/c19-14-9-4-8-13-16(14)18(21)22-17(13)15-10-5-11-20(15)12-6-2-1-3-7-12/h1-11,17H. The van der Waals surface area contributed by atoms with Gasteiger partial charge in [0.05, 0.1) is 16.3 Å². The molecule has 108 valence electrons. The number of benzene rings is 2. The van der Waals surface area contributed by atoms with Crippen LogP contribution in [-0.4, -0.2) is 10.5 Å². The molecule has 0 amide bonds. The number of cyclic esters (lactones) is 1. The zero-order valence-electron chi connectivity index (χ0n) is 11.6. The molecule has 1 unspecified atom stereocenters. The van der Waals surface area contributed by atoms with Crippen molar-refractivity contribution in [3.8, 4) is 5.69 Å². The second kappa shape index (κ2) is 5.04. The van der Waals surface area contributed by atoms with Gasteiger partial charge >= 0.3 is 5.97 Å². The number of nitrogens with zero attached hydrogens (tertiary/aromatic N) is 1. The molecular weight excluding hydrogens is 298 g/mol. The Balaban J connectivity index is 1.85. The summed E-state index contributed by atoms with van der Waals surface area (Å²) in [6.07, 6.45) is 1.53.